The normalized spacial score (nSPS) is 14.1. The van der Waals surface area contributed by atoms with Crippen LogP contribution in [0.15, 0.2) is 0 Å². The number of unbranched alkanes of at least 4 members (excludes halogenated alkanes) is 42. The van der Waals surface area contributed by atoms with Crippen molar-refractivity contribution in [3.63, 3.8) is 0 Å². The predicted molar refractivity (Wildman–Crippen MR) is 372 cm³/mol. The lowest BCUT2D eigenvalue weighted by atomic mass is 10.0. The molecule has 0 saturated heterocycles. The van der Waals surface area contributed by atoms with Crippen molar-refractivity contribution in [3.05, 3.63) is 0 Å². The molecule has 5 atom stereocenters. The van der Waals surface area contributed by atoms with Gasteiger partial charge in [0.15, 0.2) is 12.2 Å². The molecule has 0 aliphatic rings. The summed E-state index contributed by atoms with van der Waals surface area (Å²) in [7, 11) is -9.90. The van der Waals surface area contributed by atoms with Crippen LogP contribution in [0.25, 0.3) is 0 Å². The van der Waals surface area contributed by atoms with Crippen LogP contribution >= 0.6 is 15.6 Å². The number of aliphatic hydroxyl groups is 1. The van der Waals surface area contributed by atoms with E-state index >= 15 is 0 Å². The highest BCUT2D eigenvalue weighted by Crippen LogP contribution is 2.45. The minimum atomic E-state index is -4.95. The van der Waals surface area contributed by atoms with Crippen LogP contribution in [0.2, 0.25) is 0 Å². The van der Waals surface area contributed by atoms with Gasteiger partial charge in [0.05, 0.1) is 26.4 Å². The van der Waals surface area contributed by atoms with Crippen LogP contribution < -0.4 is 0 Å². The lowest BCUT2D eigenvalue weighted by Gasteiger charge is -2.21. The SMILES string of the molecule is CCCCCCCCCCCCCCCCC(=O)OC[C@H](COP(=O)(O)OC[C@@H](O)COP(=O)(O)OC[C@@H](COC(=O)CCCCCCCCCC)OC(=O)CCCCCCCCC(C)C)OC(=O)CCCCCCCCCCCCCCCCCCCCC(C)C. The molecule has 0 aromatic rings. The summed E-state index contributed by atoms with van der Waals surface area (Å²) in [6, 6.07) is 0. The third-order valence-corrected chi connectivity index (χ3v) is 18.9. The Morgan fingerprint density at radius 3 is 0.739 bits per heavy atom. The van der Waals surface area contributed by atoms with E-state index in [9.17, 15) is 43.2 Å². The summed E-state index contributed by atoms with van der Waals surface area (Å²) in [5.74, 6) is -0.637. The number of hydrogen-bond acceptors (Lipinski definition) is 15. The zero-order valence-electron chi connectivity index (χ0n) is 59.9. The summed E-state index contributed by atoms with van der Waals surface area (Å²) in [4.78, 5) is 72.5. The van der Waals surface area contributed by atoms with E-state index < -0.39 is 97.5 Å². The molecule has 92 heavy (non-hydrogen) atoms. The van der Waals surface area contributed by atoms with Crippen molar-refractivity contribution in [1.82, 2.24) is 0 Å². The number of hydrogen-bond donors (Lipinski definition) is 3. The van der Waals surface area contributed by atoms with Crippen molar-refractivity contribution in [1.29, 1.82) is 0 Å². The summed E-state index contributed by atoms with van der Waals surface area (Å²) in [5, 5.41) is 10.6. The van der Waals surface area contributed by atoms with Crippen LogP contribution in [0.5, 0.6) is 0 Å². The summed E-state index contributed by atoms with van der Waals surface area (Å²) < 4.78 is 68.2. The van der Waals surface area contributed by atoms with E-state index in [1.807, 2.05) is 0 Å². The predicted octanol–water partition coefficient (Wildman–Crippen LogP) is 21.2. The van der Waals surface area contributed by atoms with E-state index in [1.54, 1.807) is 0 Å². The molecule has 546 valence electrons. The van der Waals surface area contributed by atoms with Gasteiger partial charge in [0, 0.05) is 25.7 Å². The average molecular weight is 1350 g/mol. The summed E-state index contributed by atoms with van der Waals surface area (Å²) in [5.41, 5.74) is 0. The molecule has 0 heterocycles. The van der Waals surface area contributed by atoms with Gasteiger partial charge in [0.25, 0.3) is 0 Å². The van der Waals surface area contributed by atoms with Crippen LogP contribution in [0.1, 0.15) is 375 Å². The second-order valence-electron chi connectivity index (χ2n) is 27.3. The van der Waals surface area contributed by atoms with E-state index in [1.165, 1.54) is 186 Å². The quantitative estimate of drug-likeness (QED) is 0.0222. The third kappa shape index (κ3) is 66.7. The number of aliphatic hydroxyl groups excluding tert-OH is 1. The first-order valence-corrected chi connectivity index (χ1v) is 41.0. The number of ether oxygens (including phenoxy) is 4. The third-order valence-electron chi connectivity index (χ3n) is 17.0. The molecule has 17 nitrogen and oxygen atoms in total. The average Bonchev–Trinajstić information content (AvgIpc) is 1.53. The van der Waals surface area contributed by atoms with Gasteiger partial charge in [-0.3, -0.25) is 37.3 Å². The monoisotopic (exact) mass is 1350 g/mol. The standard InChI is InChI=1S/C73H142O17P2/c1-7-9-11-13-15-17-18-19-27-30-33-37-44-50-56-71(76)84-61-68(89-72(77)57-51-45-38-34-31-28-25-23-21-20-22-24-26-29-32-35-41-47-53-65(3)4)63-87-91(79,80)85-59-67(74)60-86-92(81,82)88-64-69(62-83-70(75)55-49-43-36-16-14-12-10-8-2)90-73(78)58-52-46-40-39-42-48-54-66(5)6/h65-69,74H,7-64H2,1-6H3,(H,79,80)(H,81,82)/t67-,68-,69-/m1/s1. The first kappa shape index (κ1) is 90.1. The van der Waals surface area contributed by atoms with E-state index in [4.69, 9.17) is 37.0 Å². The van der Waals surface area contributed by atoms with Gasteiger partial charge >= 0.3 is 39.5 Å². The maximum atomic E-state index is 13.1. The lowest BCUT2D eigenvalue weighted by Crippen LogP contribution is -2.30. The van der Waals surface area contributed by atoms with E-state index in [2.05, 4.69) is 41.5 Å². The highest BCUT2D eigenvalue weighted by atomic mass is 31.2. The van der Waals surface area contributed by atoms with E-state index in [0.717, 1.165) is 102 Å². The molecule has 0 fully saturated rings. The van der Waals surface area contributed by atoms with Gasteiger partial charge in [-0.1, -0.05) is 324 Å². The maximum absolute atomic E-state index is 13.1. The Morgan fingerprint density at radius 2 is 0.500 bits per heavy atom. The second kappa shape index (κ2) is 65.0. The van der Waals surface area contributed by atoms with Crippen LogP contribution in [0.4, 0.5) is 0 Å². The minimum Gasteiger partial charge on any atom is -0.462 e. The van der Waals surface area contributed by atoms with Crippen molar-refractivity contribution in [2.24, 2.45) is 11.8 Å². The molecule has 0 saturated carbocycles. The maximum Gasteiger partial charge on any atom is 0.472 e. The minimum absolute atomic E-state index is 0.102. The highest BCUT2D eigenvalue weighted by molar-refractivity contribution is 7.47. The molecule has 0 aliphatic heterocycles. The Kier molecular flexibility index (Phi) is 63.7. The van der Waals surface area contributed by atoms with Gasteiger partial charge in [0.1, 0.15) is 19.3 Å². The molecule has 2 unspecified atom stereocenters. The number of carbonyl (C=O) groups is 4. The van der Waals surface area contributed by atoms with Crippen molar-refractivity contribution in [2.75, 3.05) is 39.6 Å². The summed E-state index contributed by atoms with van der Waals surface area (Å²) >= 11 is 0. The smallest absolute Gasteiger partial charge is 0.462 e. The molecule has 0 aliphatic carbocycles. The number of rotatable bonds is 72. The molecule has 19 heteroatoms. The van der Waals surface area contributed by atoms with Crippen LogP contribution in [-0.4, -0.2) is 96.7 Å². The Hall–Kier alpha value is -1.94. The second-order valence-corrected chi connectivity index (χ2v) is 30.2. The van der Waals surface area contributed by atoms with Crippen molar-refractivity contribution in [3.8, 4) is 0 Å². The van der Waals surface area contributed by atoms with E-state index in [-0.39, 0.29) is 25.7 Å². The largest absolute Gasteiger partial charge is 0.472 e. The molecule has 0 spiro atoms. The fourth-order valence-electron chi connectivity index (χ4n) is 11.1. The molecular formula is C73H142O17P2. The molecule has 0 aromatic heterocycles. The number of phosphoric acid groups is 2. The van der Waals surface area contributed by atoms with Crippen molar-refractivity contribution >= 4 is 39.5 Å². The van der Waals surface area contributed by atoms with Crippen molar-refractivity contribution < 1.29 is 80.2 Å². The van der Waals surface area contributed by atoms with Crippen LogP contribution in [0, 0.1) is 11.8 Å². The molecule has 0 radical (unpaired) electrons. The van der Waals surface area contributed by atoms with Crippen LogP contribution in [-0.2, 0) is 65.4 Å². The molecule has 3 N–H and O–H groups in total. The first-order valence-electron chi connectivity index (χ1n) is 38.0. The number of esters is 4. The summed E-state index contributed by atoms with van der Waals surface area (Å²) in [6.45, 7) is 9.49. The van der Waals surface area contributed by atoms with E-state index in [0.29, 0.717) is 31.6 Å². The summed E-state index contributed by atoms with van der Waals surface area (Å²) in [6.07, 6.45) is 51.7. The number of phosphoric ester groups is 2. The topological polar surface area (TPSA) is 237 Å². The first-order chi connectivity index (χ1) is 44.4. The lowest BCUT2D eigenvalue weighted by molar-refractivity contribution is -0.161. The Balaban J connectivity index is 5.16. The van der Waals surface area contributed by atoms with Gasteiger partial charge in [0.2, 0.25) is 0 Å². The molecule has 0 rings (SSSR count). The molecular weight excluding hydrogens is 1210 g/mol. The molecule has 0 bridgehead atoms. The number of carbonyl (C=O) groups excluding carboxylic acids is 4. The Labute approximate surface area is 562 Å². The van der Waals surface area contributed by atoms with Gasteiger partial charge < -0.3 is 33.8 Å². The zero-order chi connectivity index (χ0) is 67.9. The zero-order valence-corrected chi connectivity index (χ0v) is 61.6. The molecule has 0 amide bonds. The van der Waals surface area contributed by atoms with Crippen LogP contribution in [0.3, 0.4) is 0 Å². The van der Waals surface area contributed by atoms with Crippen molar-refractivity contribution in [2.45, 2.75) is 394 Å². The fourth-order valence-corrected chi connectivity index (χ4v) is 12.7. The van der Waals surface area contributed by atoms with Gasteiger partial charge in [-0.15, -0.1) is 0 Å². The molecule has 0 aromatic carbocycles. The van der Waals surface area contributed by atoms with Gasteiger partial charge in [-0.2, -0.15) is 0 Å². The Bertz CT molecular complexity index is 1790. The van der Waals surface area contributed by atoms with Gasteiger partial charge in [-0.05, 0) is 37.5 Å². The highest BCUT2D eigenvalue weighted by Gasteiger charge is 2.30. The van der Waals surface area contributed by atoms with Gasteiger partial charge in [-0.25, -0.2) is 9.13 Å². The Morgan fingerprint density at radius 1 is 0.293 bits per heavy atom. The fraction of sp³-hybridized carbons (Fsp3) is 0.945.